The third kappa shape index (κ3) is 4.33. The summed E-state index contributed by atoms with van der Waals surface area (Å²) in [5.74, 6) is 0.564. The Labute approximate surface area is 232 Å². The molecule has 2 N–H and O–H groups in total. The number of benzene rings is 3. The fraction of sp³-hybridized carbons (Fsp3) is 0.258. The van der Waals surface area contributed by atoms with Crippen molar-refractivity contribution in [1.29, 1.82) is 0 Å². The summed E-state index contributed by atoms with van der Waals surface area (Å²) in [5.41, 5.74) is 3.51. The minimum atomic E-state index is -0.781. The largest absolute Gasteiger partial charge is 0.394 e. The fourth-order valence-electron chi connectivity index (χ4n) is 5.70. The molecule has 4 atom stereocenters. The second-order valence-corrected chi connectivity index (χ2v) is 9.67. The van der Waals surface area contributed by atoms with Gasteiger partial charge in [-0.3, -0.25) is 4.57 Å². The Morgan fingerprint density at radius 2 is 1.35 bits per heavy atom. The maximum absolute atomic E-state index is 9.88. The van der Waals surface area contributed by atoms with Crippen LogP contribution in [0.3, 0.4) is 0 Å². The molecule has 0 bridgehead atoms. The summed E-state index contributed by atoms with van der Waals surface area (Å²) in [4.78, 5) is 14.0. The summed E-state index contributed by atoms with van der Waals surface area (Å²) in [6.07, 6.45) is 1.13. The molecular weight excluding hydrogens is 506 g/mol. The number of methoxy groups -OCH3 is 2. The van der Waals surface area contributed by atoms with Crippen molar-refractivity contribution in [2.24, 2.45) is 0 Å². The predicted molar refractivity (Wildman–Crippen MR) is 151 cm³/mol. The number of aliphatic hydroxyl groups is 1. The summed E-state index contributed by atoms with van der Waals surface area (Å²) in [6, 6.07) is 30.9. The van der Waals surface area contributed by atoms with Crippen molar-refractivity contribution in [3.63, 3.8) is 0 Å². The van der Waals surface area contributed by atoms with Crippen molar-refractivity contribution in [2.45, 2.75) is 30.1 Å². The molecule has 0 unspecified atom stereocenters. The molecule has 3 heterocycles. The highest BCUT2D eigenvalue weighted by atomic mass is 16.6. The van der Waals surface area contributed by atoms with Gasteiger partial charge in [0, 0.05) is 14.2 Å². The third-order valence-corrected chi connectivity index (χ3v) is 7.57. The quantitative estimate of drug-likeness (QED) is 0.270. The van der Waals surface area contributed by atoms with Crippen LogP contribution < -0.4 is 5.32 Å². The number of anilines is 1. The van der Waals surface area contributed by atoms with Gasteiger partial charge in [-0.1, -0.05) is 91.0 Å². The molecule has 0 aliphatic carbocycles. The number of hydrogen-bond acceptors (Lipinski definition) is 8. The minimum absolute atomic E-state index is 0.197. The molecule has 9 nitrogen and oxygen atoms in total. The molecule has 5 aromatic rings. The molecule has 3 aromatic carbocycles. The van der Waals surface area contributed by atoms with E-state index in [0.29, 0.717) is 17.0 Å². The maximum atomic E-state index is 9.88. The summed E-state index contributed by atoms with van der Waals surface area (Å²) in [6.45, 7) is -0.197. The smallest absolute Gasteiger partial charge is 0.167 e. The van der Waals surface area contributed by atoms with Gasteiger partial charge < -0.3 is 24.6 Å². The van der Waals surface area contributed by atoms with Crippen molar-refractivity contribution in [3.8, 4) is 0 Å². The summed E-state index contributed by atoms with van der Waals surface area (Å²) < 4.78 is 19.3. The monoisotopic (exact) mass is 537 g/mol. The van der Waals surface area contributed by atoms with Crippen LogP contribution in [0, 0.1) is 0 Å². The molecule has 0 saturated carbocycles. The van der Waals surface area contributed by atoms with Gasteiger partial charge in [0.2, 0.25) is 0 Å². The van der Waals surface area contributed by atoms with Crippen LogP contribution >= 0.6 is 0 Å². The van der Waals surface area contributed by atoms with Gasteiger partial charge in [-0.05, 0) is 16.7 Å². The molecule has 9 heteroatoms. The molecule has 1 aliphatic heterocycles. The first-order chi connectivity index (χ1) is 19.7. The Morgan fingerprint density at radius 1 is 0.800 bits per heavy atom. The number of nitrogens with zero attached hydrogens (tertiary/aromatic N) is 4. The Hall–Kier alpha value is -4.15. The number of aromatic nitrogens is 4. The van der Waals surface area contributed by atoms with Crippen LogP contribution in [0.2, 0.25) is 0 Å². The van der Waals surface area contributed by atoms with Gasteiger partial charge in [-0.15, -0.1) is 0 Å². The van der Waals surface area contributed by atoms with E-state index in [9.17, 15) is 5.11 Å². The molecule has 0 radical (unpaired) electrons. The van der Waals surface area contributed by atoms with E-state index in [1.807, 2.05) is 59.2 Å². The standard InChI is InChI=1S/C31H31N5O4/c1-38-26-24(18-37)40-30(27(26)39-2)36-20-34-25-28(32-19-33-29(25)36)35-31(21-12-6-3-7-13-21,22-14-8-4-9-15-22)23-16-10-5-11-17-23/h3-17,19-20,24,26-27,30,37H,18H2,1-2H3,(H,32,33,35)/t24-,26-,27-,30-/m1/s1. The third-order valence-electron chi connectivity index (χ3n) is 7.57. The van der Waals surface area contributed by atoms with Gasteiger partial charge in [-0.25, -0.2) is 15.0 Å². The van der Waals surface area contributed by atoms with E-state index in [2.05, 4.69) is 51.7 Å². The molecule has 204 valence electrons. The van der Waals surface area contributed by atoms with E-state index >= 15 is 0 Å². The fourth-order valence-corrected chi connectivity index (χ4v) is 5.70. The zero-order valence-electron chi connectivity index (χ0n) is 22.3. The van der Waals surface area contributed by atoms with Crippen LogP contribution in [0.4, 0.5) is 5.82 Å². The number of nitrogens with one attached hydrogen (secondary N) is 1. The molecular formula is C31H31N5O4. The number of aliphatic hydroxyl groups excluding tert-OH is 1. The Morgan fingerprint density at radius 3 is 1.85 bits per heavy atom. The normalized spacial score (nSPS) is 21.1. The lowest BCUT2D eigenvalue weighted by atomic mass is 9.77. The van der Waals surface area contributed by atoms with E-state index in [-0.39, 0.29) is 6.61 Å². The number of ether oxygens (including phenoxy) is 3. The van der Waals surface area contributed by atoms with Crippen molar-refractivity contribution in [2.75, 3.05) is 26.1 Å². The van der Waals surface area contributed by atoms with Crippen LogP contribution in [-0.4, -0.2) is 63.8 Å². The highest BCUT2D eigenvalue weighted by Crippen LogP contribution is 2.41. The zero-order chi connectivity index (χ0) is 27.5. The average molecular weight is 538 g/mol. The number of rotatable bonds is 9. The molecule has 2 aromatic heterocycles. The summed E-state index contributed by atoms with van der Waals surface area (Å²) in [5, 5.41) is 13.7. The van der Waals surface area contributed by atoms with Crippen LogP contribution in [-0.2, 0) is 19.7 Å². The maximum Gasteiger partial charge on any atom is 0.167 e. The first kappa shape index (κ1) is 26.1. The van der Waals surface area contributed by atoms with Gasteiger partial charge in [0.25, 0.3) is 0 Å². The predicted octanol–water partition coefficient (Wildman–Crippen LogP) is 4.15. The SMILES string of the molecule is CO[C@@H]1[C@H](OC)[C@@H](CO)O[C@H]1n1cnc2c(NC(c3ccccc3)(c3ccccc3)c3ccccc3)ncnc21. The van der Waals surface area contributed by atoms with Crippen LogP contribution in [0.1, 0.15) is 22.9 Å². The summed E-state index contributed by atoms with van der Waals surface area (Å²) >= 11 is 0. The molecule has 1 saturated heterocycles. The minimum Gasteiger partial charge on any atom is -0.394 e. The van der Waals surface area contributed by atoms with Crippen LogP contribution in [0.25, 0.3) is 11.2 Å². The van der Waals surface area contributed by atoms with Gasteiger partial charge in [0.1, 0.15) is 30.2 Å². The Balaban J connectivity index is 1.51. The van der Waals surface area contributed by atoms with Gasteiger partial charge in [0.05, 0.1) is 12.9 Å². The first-order valence-electron chi connectivity index (χ1n) is 13.2. The van der Waals surface area contributed by atoms with Gasteiger partial charge in [-0.2, -0.15) is 0 Å². The summed E-state index contributed by atoms with van der Waals surface area (Å²) in [7, 11) is 3.18. The molecule has 6 rings (SSSR count). The van der Waals surface area contributed by atoms with Crippen molar-refractivity contribution in [1.82, 2.24) is 19.5 Å². The van der Waals surface area contributed by atoms with Crippen LogP contribution in [0.5, 0.6) is 0 Å². The van der Waals surface area contributed by atoms with Gasteiger partial charge >= 0.3 is 0 Å². The second-order valence-electron chi connectivity index (χ2n) is 9.67. The Bertz CT molecular complexity index is 1450. The second kappa shape index (κ2) is 11.1. The number of hydrogen-bond donors (Lipinski definition) is 2. The van der Waals surface area contributed by atoms with Gasteiger partial charge in [0.15, 0.2) is 23.2 Å². The molecule has 0 amide bonds. The van der Waals surface area contributed by atoms with E-state index < -0.39 is 30.1 Å². The van der Waals surface area contributed by atoms with Crippen molar-refractivity contribution >= 4 is 17.0 Å². The molecule has 40 heavy (non-hydrogen) atoms. The highest BCUT2D eigenvalue weighted by molar-refractivity contribution is 5.84. The lowest BCUT2D eigenvalue weighted by Gasteiger charge is -2.37. The van der Waals surface area contributed by atoms with E-state index in [0.717, 1.165) is 16.7 Å². The van der Waals surface area contributed by atoms with Crippen molar-refractivity contribution < 1.29 is 19.3 Å². The van der Waals surface area contributed by atoms with Crippen LogP contribution in [0.15, 0.2) is 104 Å². The zero-order valence-corrected chi connectivity index (χ0v) is 22.3. The lowest BCUT2D eigenvalue weighted by Crippen LogP contribution is -2.38. The molecule has 0 spiro atoms. The van der Waals surface area contributed by atoms with E-state index in [1.54, 1.807) is 20.5 Å². The first-order valence-corrected chi connectivity index (χ1v) is 13.2. The topological polar surface area (TPSA) is 104 Å². The van der Waals surface area contributed by atoms with E-state index in [4.69, 9.17) is 19.2 Å². The number of fused-ring (bicyclic) bond motifs is 1. The lowest BCUT2D eigenvalue weighted by molar-refractivity contribution is -0.0583. The van der Waals surface area contributed by atoms with Crippen molar-refractivity contribution in [3.05, 3.63) is 120 Å². The number of imidazole rings is 1. The molecule has 1 aliphatic rings. The highest BCUT2D eigenvalue weighted by Gasteiger charge is 2.47. The average Bonchev–Trinajstić information content (AvgIpc) is 3.62. The molecule has 1 fully saturated rings. The van der Waals surface area contributed by atoms with E-state index in [1.165, 1.54) is 6.33 Å². The Kier molecular flexibility index (Phi) is 7.27.